The minimum absolute atomic E-state index is 0.388. The van der Waals surface area contributed by atoms with Crippen LogP contribution in [0.25, 0.3) is 0 Å². The second-order valence-corrected chi connectivity index (χ2v) is 3.97. The van der Waals surface area contributed by atoms with Crippen molar-refractivity contribution in [2.45, 2.75) is 26.9 Å². The smallest absolute Gasteiger partial charge is 0.0762 e. The molecule has 0 heterocycles. The third-order valence-electron chi connectivity index (χ3n) is 2.11. The molecule has 0 radical (unpaired) electrons. The van der Waals surface area contributed by atoms with Gasteiger partial charge in [0.15, 0.2) is 0 Å². The molecular formula is C10H13BrO. The summed E-state index contributed by atoms with van der Waals surface area (Å²) >= 11 is 3.45. The van der Waals surface area contributed by atoms with Crippen LogP contribution in [0.1, 0.15) is 29.7 Å². The lowest BCUT2D eigenvalue weighted by molar-refractivity contribution is 0.199. The van der Waals surface area contributed by atoms with Gasteiger partial charge in [-0.25, -0.2) is 0 Å². The van der Waals surface area contributed by atoms with Crippen LogP contribution < -0.4 is 0 Å². The van der Waals surface area contributed by atoms with Crippen molar-refractivity contribution >= 4 is 15.9 Å². The molecule has 0 aliphatic carbocycles. The molecule has 0 saturated carbocycles. The molecule has 0 fully saturated rings. The Morgan fingerprint density at radius 1 is 1.33 bits per heavy atom. The van der Waals surface area contributed by atoms with Crippen molar-refractivity contribution in [1.29, 1.82) is 0 Å². The average molecular weight is 229 g/mol. The van der Waals surface area contributed by atoms with E-state index in [-0.39, 0.29) is 6.10 Å². The molecule has 1 aromatic rings. The van der Waals surface area contributed by atoms with Gasteiger partial charge in [0.1, 0.15) is 0 Å². The lowest BCUT2D eigenvalue weighted by Crippen LogP contribution is -1.93. The predicted octanol–water partition coefficient (Wildman–Crippen LogP) is 3.12. The molecule has 66 valence electrons. The van der Waals surface area contributed by atoms with Gasteiger partial charge < -0.3 is 5.11 Å². The van der Waals surface area contributed by atoms with E-state index in [0.717, 1.165) is 10.0 Å². The number of hydrogen-bond acceptors (Lipinski definition) is 1. The van der Waals surface area contributed by atoms with Gasteiger partial charge in [-0.15, -0.1) is 0 Å². The van der Waals surface area contributed by atoms with Crippen LogP contribution in [-0.4, -0.2) is 5.11 Å². The second kappa shape index (κ2) is 3.58. The van der Waals surface area contributed by atoms with E-state index in [1.807, 2.05) is 19.1 Å². The Morgan fingerprint density at radius 2 is 1.92 bits per heavy atom. The van der Waals surface area contributed by atoms with Gasteiger partial charge in [-0.3, -0.25) is 0 Å². The Hall–Kier alpha value is -0.340. The van der Waals surface area contributed by atoms with E-state index in [9.17, 15) is 5.11 Å². The van der Waals surface area contributed by atoms with E-state index in [2.05, 4.69) is 22.9 Å². The van der Waals surface area contributed by atoms with Gasteiger partial charge in [-0.05, 0) is 43.5 Å². The van der Waals surface area contributed by atoms with Crippen molar-refractivity contribution in [3.8, 4) is 0 Å². The van der Waals surface area contributed by atoms with Gasteiger partial charge in [0, 0.05) is 4.47 Å². The van der Waals surface area contributed by atoms with Gasteiger partial charge in [-0.1, -0.05) is 22.0 Å². The Labute approximate surface area is 81.6 Å². The van der Waals surface area contributed by atoms with E-state index in [4.69, 9.17) is 0 Å². The minimum Gasteiger partial charge on any atom is -0.389 e. The summed E-state index contributed by atoms with van der Waals surface area (Å²) in [6, 6.07) is 3.98. The van der Waals surface area contributed by atoms with Crippen LogP contribution in [0.4, 0.5) is 0 Å². The minimum atomic E-state index is -0.388. The molecule has 1 aromatic carbocycles. The van der Waals surface area contributed by atoms with E-state index in [1.165, 1.54) is 11.1 Å². The third kappa shape index (κ3) is 1.87. The molecule has 1 nitrogen and oxygen atoms in total. The first kappa shape index (κ1) is 9.75. The molecule has 0 aromatic heterocycles. The van der Waals surface area contributed by atoms with Crippen molar-refractivity contribution in [3.63, 3.8) is 0 Å². The summed E-state index contributed by atoms with van der Waals surface area (Å²) in [5, 5.41) is 9.34. The number of rotatable bonds is 1. The molecule has 1 rings (SSSR count). The number of aliphatic hydroxyl groups excluding tert-OH is 1. The first-order valence-electron chi connectivity index (χ1n) is 3.97. The molecule has 1 N–H and O–H groups in total. The van der Waals surface area contributed by atoms with E-state index >= 15 is 0 Å². The van der Waals surface area contributed by atoms with Crippen molar-refractivity contribution < 1.29 is 5.11 Å². The highest BCUT2D eigenvalue weighted by Crippen LogP contribution is 2.24. The maximum Gasteiger partial charge on any atom is 0.0762 e. The summed E-state index contributed by atoms with van der Waals surface area (Å²) in [5.41, 5.74) is 3.41. The van der Waals surface area contributed by atoms with Crippen LogP contribution >= 0.6 is 15.9 Å². The number of benzene rings is 1. The van der Waals surface area contributed by atoms with Crippen LogP contribution in [0, 0.1) is 13.8 Å². The van der Waals surface area contributed by atoms with Crippen LogP contribution in [-0.2, 0) is 0 Å². The molecule has 0 bridgehead atoms. The van der Waals surface area contributed by atoms with Crippen LogP contribution in [0.5, 0.6) is 0 Å². The zero-order chi connectivity index (χ0) is 9.30. The number of halogens is 1. The van der Waals surface area contributed by atoms with Crippen molar-refractivity contribution in [1.82, 2.24) is 0 Å². The molecule has 12 heavy (non-hydrogen) atoms. The maximum absolute atomic E-state index is 9.34. The highest BCUT2D eigenvalue weighted by atomic mass is 79.9. The predicted molar refractivity (Wildman–Crippen MR) is 54.2 cm³/mol. The second-order valence-electron chi connectivity index (χ2n) is 3.12. The fourth-order valence-corrected chi connectivity index (χ4v) is 1.66. The molecule has 0 saturated heterocycles. The molecule has 0 amide bonds. The summed E-state index contributed by atoms with van der Waals surface area (Å²) in [6.45, 7) is 5.88. The zero-order valence-electron chi connectivity index (χ0n) is 7.56. The molecule has 1 unspecified atom stereocenters. The fraction of sp³-hybridized carbons (Fsp3) is 0.400. The first-order chi connectivity index (χ1) is 5.52. The molecule has 1 atom stereocenters. The number of hydrogen-bond donors (Lipinski definition) is 1. The van der Waals surface area contributed by atoms with Crippen LogP contribution in [0.15, 0.2) is 16.6 Å². The third-order valence-corrected chi connectivity index (χ3v) is 2.93. The summed E-state index contributed by atoms with van der Waals surface area (Å²) in [4.78, 5) is 0. The van der Waals surface area contributed by atoms with Gasteiger partial charge in [0.2, 0.25) is 0 Å². The van der Waals surface area contributed by atoms with E-state index < -0.39 is 0 Å². The molecular weight excluding hydrogens is 216 g/mol. The summed E-state index contributed by atoms with van der Waals surface area (Å²) in [6.07, 6.45) is -0.388. The molecule has 0 aliphatic rings. The summed E-state index contributed by atoms with van der Waals surface area (Å²) < 4.78 is 1.07. The maximum atomic E-state index is 9.34. The average Bonchev–Trinajstić information content (AvgIpc) is 1.99. The van der Waals surface area contributed by atoms with Gasteiger partial charge >= 0.3 is 0 Å². The van der Waals surface area contributed by atoms with E-state index in [0.29, 0.717) is 0 Å². The first-order valence-corrected chi connectivity index (χ1v) is 4.76. The Kier molecular flexibility index (Phi) is 2.91. The normalized spacial score (nSPS) is 13.1. The summed E-state index contributed by atoms with van der Waals surface area (Å²) in [7, 11) is 0. The topological polar surface area (TPSA) is 20.2 Å². The van der Waals surface area contributed by atoms with Crippen LogP contribution in [0.2, 0.25) is 0 Å². The lowest BCUT2D eigenvalue weighted by atomic mass is 10.0. The number of aryl methyl sites for hydroxylation is 1. The molecule has 0 aliphatic heterocycles. The Balaban J connectivity index is 3.21. The van der Waals surface area contributed by atoms with Crippen molar-refractivity contribution in [3.05, 3.63) is 33.3 Å². The van der Waals surface area contributed by atoms with Gasteiger partial charge in [-0.2, -0.15) is 0 Å². The highest BCUT2D eigenvalue weighted by Gasteiger charge is 2.05. The molecule has 0 spiro atoms. The lowest BCUT2D eigenvalue weighted by Gasteiger charge is -2.09. The van der Waals surface area contributed by atoms with Crippen molar-refractivity contribution in [2.24, 2.45) is 0 Å². The Morgan fingerprint density at radius 3 is 2.33 bits per heavy atom. The monoisotopic (exact) mass is 228 g/mol. The van der Waals surface area contributed by atoms with Crippen molar-refractivity contribution in [2.75, 3.05) is 0 Å². The molecule has 2 heteroatoms. The van der Waals surface area contributed by atoms with Gasteiger partial charge in [0.05, 0.1) is 6.10 Å². The van der Waals surface area contributed by atoms with Gasteiger partial charge in [0.25, 0.3) is 0 Å². The quantitative estimate of drug-likeness (QED) is 0.784. The SMILES string of the molecule is Cc1cc(C(C)O)cc(Br)c1C. The fourth-order valence-electron chi connectivity index (χ4n) is 1.08. The highest BCUT2D eigenvalue weighted by molar-refractivity contribution is 9.10. The Bertz CT molecular complexity index is 269. The number of aliphatic hydroxyl groups is 1. The standard InChI is InChI=1S/C10H13BrO/c1-6-4-9(8(3)12)5-10(11)7(6)2/h4-5,8,12H,1-3H3. The van der Waals surface area contributed by atoms with E-state index in [1.54, 1.807) is 6.92 Å². The summed E-state index contributed by atoms with van der Waals surface area (Å²) in [5.74, 6) is 0. The largest absolute Gasteiger partial charge is 0.389 e. The van der Waals surface area contributed by atoms with Crippen LogP contribution in [0.3, 0.4) is 0 Å². The zero-order valence-corrected chi connectivity index (χ0v) is 9.14.